The van der Waals surface area contributed by atoms with Crippen LogP contribution >= 0.6 is 11.6 Å². The number of amides is 1. The van der Waals surface area contributed by atoms with Crippen LogP contribution in [0.25, 0.3) is 0 Å². The average molecular weight is 303 g/mol. The third-order valence-corrected chi connectivity index (χ3v) is 2.84. The quantitative estimate of drug-likeness (QED) is 0.594. The van der Waals surface area contributed by atoms with Crippen LogP contribution in [0.5, 0.6) is 0 Å². The first kappa shape index (κ1) is 16.5. The van der Waals surface area contributed by atoms with Gasteiger partial charge >= 0.3 is 6.09 Å². The average Bonchev–Trinajstić information content (AvgIpc) is 2.34. The number of halogens is 1. The van der Waals surface area contributed by atoms with Gasteiger partial charge in [-0.05, 0) is 32.9 Å². The Kier molecular flexibility index (Phi) is 5.56. The maximum absolute atomic E-state index is 11.9. The molecule has 1 heterocycles. The van der Waals surface area contributed by atoms with Crippen molar-refractivity contribution in [1.82, 2.24) is 9.80 Å². The Morgan fingerprint density at radius 3 is 2.05 bits per heavy atom. The third kappa shape index (κ3) is 5.61. The van der Waals surface area contributed by atoms with Gasteiger partial charge in [-0.15, -0.1) is 0 Å². The van der Waals surface area contributed by atoms with Gasteiger partial charge in [0.2, 0.25) is 0 Å². The summed E-state index contributed by atoms with van der Waals surface area (Å²) in [5.74, 6) is 0.581. The number of hydrogen-bond acceptors (Lipinski definition) is 5. The van der Waals surface area contributed by atoms with Crippen molar-refractivity contribution in [3.8, 4) is 0 Å². The second-order valence-electron chi connectivity index (χ2n) is 5.60. The monoisotopic (exact) mass is 302 g/mol. The predicted octanol–water partition coefficient (Wildman–Crippen LogP) is 1.38. The number of nitrogens with zero attached hydrogens (tertiary/aromatic N) is 2. The second kappa shape index (κ2) is 6.74. The number of carbonyl (C=O) groups excluding carboxylic acids is 1. The van der Waals surface area contributed by atoms with E-state index in [0.29, 0.717) is 32.0 Å². The van der Waals surface area contributed by atoms with Crippen LogP contribution in [0.4, 0.5) is 4.79 Å². The SMILES string of the molecule is CC(C)(C)OC(=O)N1CCN(/C(N)=C/C=C(\N)Cl)CC1. The Balaban J connectivity index is 2.50. The fourth-order valence-corrected chi connectivity index (χ4v) is 1.81. The van der Waals surface area contributed by atoms with Crippen molar-refractivity contribution in [3.63, 3.8) is 0 Å². The van der Waals surface area contributed by atoms with Gasteiger partial charge in [0.1, 0.15) is 5.60 Å². The molecule has 0 saturated carbocycles. The van der Waals surface area contributed by atoms with Crippen LogP contribution in [0, 0.1) is 0 Å². The number of rotatable bonds is 2. The van der Waals surface area contributed by atoms with Crippen LogP contribution in [0.1, 0.15) is 20.8 Å². The zero-order chi connectivity index (χ0) is 15.3. The first-order valence-corrected chi connectivity index (χ1v) is 6.88. The van der Waals surface area contributed by atoms with Crippen LogP contribution < -0.4 is 11.5 Å². The molecule has 0 aromatic rings. The van der Waals surface area contributed by atoms with Crippen molar-refractivity contribution in [2.45, 2.75) is 26.4 Å². The van der Waals surface area contributed by atoms with E-state index >= 15 is 0 Å². The van der Waals surface area contributed by atoms with E-state index in [2.05, 4.69) is 0 Å². The van der Waals surface area contributed by atoms with Crippen LogP contribution in [-0.4, -0.2) is 47.7 Å². The lowest BCUT2D eigenvalue weighted by Gasteiger charge is -2.36. The number of hydrogen-bond donors (Lipinski definition) is 2. The van der Waals surface area contributed by atoms with Gasteiger partial charge in [-0.1, -0.05) is 11.6 Å². The van der Waals surface area contributed by atoms with E-state index in [-0.39, 0.29) is 11.2 Å². The highest BCUT2D eigenvalue weighted by Gasteiger charge is 2.25. The Hall–Kier alpha value is -1.56. The first-order chi connectivity index (χ1) is 9.19. The van der Waals surface area contributed by atoms with Gasteiger partial charge in [0.15, 0.2) is 0 Å². The molecule has 0 radical (unpaired) electrons. The van der Waals surface area contributed by atoms with Gasteiger partial charge in [-0.3, -0.25) is 0 Å². The van der Waals surface area contributed by atoms with Gasteiger partial charge in [-0.25, -0.2) is 4.79 Å². The molecule has 1 aliphatic heterocycles. The molecule has 0 bridgehead atoms. The summed E-state index contributed by atoms with van der Waals surface area (Å²) in [7, 11) is 0. The van der Waals surface area contributed by atoms with Crippen molar-refractivity contribution in [3.05, 3.63) is 23.1 Å². The van der Waals surface area contributed by atoms with Crippen LogP contribution in [0.2, 0.25) is 0 Å². The highest BCUT2D eigenvalue weighted by atomic mass is 35.5. The third-order valence-electron chi connectivity index (χ3n) is 2.71. The molecule has 0 spiro atoms. The lowest BCUT2D eigenvalue weighted by atomic mass is 10.2. The van der Waals surface area contributed by atoms with E-state index in [9.17, 15) is 4.79 Å². The van der Waals surface area contributed by atoms with Crippen molar-refractivity contribution < 1.29 is 9.53 Å². The molecule has 6 nitrogen and oxygen atoms in total. The molecule has 0 atom stereocenters. The molecular formula is C13H23ClN4O2. The zero-order valence-electron chi connectivity index (χ0n) is 12.2. The van der Waals surface area contributed by atoms with Gasteiger partial charge < -0.3 is 26.0 Å². The van der Waals surface area contributed by atoms with Gasteiger partial charge in [0.05, 0.1) is 11.0 Å². The summed E-state index contributed by atoms with van der Waals surface area (Å²) < 4.78 is 5.33. The summed E-state index contributed by atoms with van der Waals surface area (Å²) in [6.07, 6.45) is 2.91. The molecule has 7 heteroatoms. The molecule has 0 aliphatic carbocycles. The van der Waals surface area contributed by atoms with Gasteiger partial charge in [0, 0.05) is 26.2 Å². The molecule has 20 heavy (non-hydrogen) atoms. The zero-order valence-corrected chi connectivity index (χ0v) is 13.0. The molecule has 0 aromatic heterocycles. The fourth-order valence-electron chi connectivity index (χ4n) is 1.74. The Morgan fingerprint density at radius 2 is 1.60 bits per heavy atom. The molecular weight excluding hydrogens is 280 g/mol. The van der Waals surface area contributed by atoms with Gasteiger partial charge in [0.25, 0.3) is 0 Å². The number of nitrogens with two attached hydrogens (primary N) is 2. The van der Waals surface area contributed by atoms with E-state index < -0.39 is 5.60 Å². The highest BCUT2D eigenvalue weighted by molar-refractivity contribution is 6.29. The Morgan fingerprint density at radius 1 is 1.10 bits per heavy atom. The normalized spacial score (nSPS) is 18.2. The molecule has 1 saturated heterocycles. The molecule has 1 rings (SSSR count). The van der Waals surface area contributed by atoms with E-state index in [0.717, 1.165) is 0 Å². The van der Waals surface area contributed by atoms with Crippen LogP contribution in [0.15, 0.2) is 23.1 Å². The van der Waals surface area contributed by atoms with Crippen molar-refractivity contribution in [1.29, 1.82) is 0 Å². The number of piperazine rings is 1. The standard InChI is InChI=1S/C13H23ClN4O2/c1-13(2,3)20-12(19)18-8-6-17(7-9-18)11(16)5-4-10(14)15/h4-5H,6-9,15-16H2,1-3H3/b10-4-,11-5+. The van der Waals surface area contributed by atoms with Crippen molar-refractivity contribution in [2.75, 3.05) is 26.2 Å². The van der Waals surface area contributed by atoms with Crippen molar-refractivity contribution in [2.24, 2.45) is 11.5 Å². The minimum Gasteiger partial charge on any atom is -0.444 e. The Bertz CT molecular complexity index is 403. The van der Waals surface area contributed by atoms with E-state index in [1.54, 1.807) is 11.0 Å². The lowest BCUT2D eigenvalue weighted by molar-refractivity contribution is 0.0168. The molecule has 114 valence electrons. The minimum atomic E-state index is -0.476. The summed E-state index contributed by atoms with van der Waals surface area (Å²) >= 11 is 5.54. The van der Waals surface area contributed by atoms with Crippen molar-refractivity contribution >= 4 is 17.7 Å². The summed E-state index contributed by atoms with van der Waals surface area (Å²) in [5, 5.41) is 0.181. The predicted molar refractivity (Wildman–Crippen MR) is 79.8 cm³/mol. The van der Waals surface area contributed by atoms with E-state index in [1.165, 1.54) is 6.08 Å². The molecule has 0 unspecified atom stereocenters. The molecule has 0 aromatic carbocycles. The smallest absolute Gasteiger partial charge is 0.410 e. The molecule has 1 aliphatic rings. The number of allylic oxidation sites excluding steroid dienone is 2. The largest absolute Gasteiger partial charge is 0.444 e. The molecule has 4 N–H and O–H groups in total. The van der Waals surface area contributed by atoms with Crippen LogP contribution in [0.3, 0.4) is 0 Å². The molecule has 1 amide bonds. The maximum atomic E-state index is 11.9. The van der Waals surface area contributed by atoms with E-state index in [4.69, 9.17) is 27.8 Å². The summed E-state index contributed by atoms with van der Waals surface area (Å²) in [4.78, 5) is 15.6. The Labute approximate surface area is 125 Å². The summed E-state index contributed by atoms with van der Waals surface area (Å²) in [6.45, 7) is 8.00. The fraction of sp³-hybridized carbons (Fsp3) is 0.615. The van der Waals surface area contributed by atoms with Crippen LogP contribution in [-0.2, 0) is 4.74 Å². The highest BCUT2D eigenvalue weighted by Crippen LogP contribution is 2.13. The second-order valence-corrected chi connectivity index (χ2v) is 6.03. The summed E-state index contributed by atoms with van der Waals surface area (Å²) in [5.41, 5.74) is 10.8. The lowest BCUT2D eigenvalue weighted by Crippen LogP contribution is -2.50. The number of carbonyl (C=O) groups is 1. The minimum absolute atomic E-state index is 0.181. The van der Waals surface area contributed by atoms with E-state index in [1.807, 2.05) is 25.7 Å². The number of ether oxygens (including phenoxy) is 1. The molecule has 1 fully saturated rings. The summed E-state index contributed by atoms with van der Waals surface area (Å²) in [6, 6.07) is 0. The van der Waals surface area contributed by atoms with Gasteiger partial charge in [-0.2, -0.15) is 0 Å². The maximum Gasteiger partial charge on any atom is 0.410 e. The first-order valence-electron chi connectivity index (χ1n) is 6.50. The topological polar surface area (TPSA) is 84.8 Å².